The summed E-state index contributed by atoms with van der Waals surface area (Å²) in [5.74, 6) is 0. The van der Waals surface area contributed by atoms with Gasteiger partial charge in [0.2, 0.25) is 0 Å². The fourth-order valence-corrected chi connectivity index (χ4v) is 2.69. The van der Waals surface area contributed by atoms with Crippen molar-refractivity contribution in [1.82, 2.24) is 9.78 Å². The number of ether oxygens (including phenoxy) is 2. The molecule has 1 aromatic heterocycles. The Bertz CT molecular complexity index is 415. The molecule has 6 heteroatoms. The number of hydrogen-bond acceptors (Lipinski definition) is 4. The largest absolute Gasteiger partial charge is 0.384 e. The van der Waals surface area contributed by atoms with Crippen molar-refractivity contribution >= 4 is 15.9 Å². The van der Waals surface area contributed by atoms with Crippen molar-refractivity contribution in [3.63, 3.8) is 0 Å². The zero-order valence-corrected chi connectivity index (χ0v) is 14.5. The van der Waals surface area contributed by atoms with Gasteiger partial charge in [-0.2, -0.15) is 5.10 Å². The SMILES string of the molecule is CCOC(C(O)c1c(Br)cnn1CCOC)C(C)(C)C. The highest BCUT2D eigenvalue weighted by Gasteiger charge is 2.35. The molecule has 2 unspecified atom stereocenters. The van der Waals surface area contributed by atoms with E-state index in [4.69, 9.17) is 9.47 Å². The summed E-state index contributed by atoms with van der Waals surface area (Å²) in [6, 6.07) is 0. The number of methoxy groups -OCH3 is 1. The van der Waals surface area contributed by atoms with Gasteiger partial charge in [0.15, 0.2) is 0 Å². The van der Waals surface area contributed by atoms with Gasteiger partial charge in [0, 0.05) is 13.7 Å². The number of aliphatic hydroxyl groups excluding tert-OH is 1. The summed E-state index contributed by atoms with van der Waals surface area (Å²) in [5.41, 5.74) is 0.557. The van der Waals surface area contributed by atoms with Crippen LogP contribution in [0.5, 0.6) is 0 Å². The lowest BCUT2D eigenvalue weighted by atomic mass is 9.84. The molecule has 0 aliphatic carbocycles. The molecule has 0 bridgehead atoms. The van der Waals surface area contributed by atoms with E-state index in [2.05, 4.69) is 41.8 Å². The Hall–Kier alpha value is -0.430. The van der Waals surface area contributed by atoms with E-state index in [9.17, 15) is 5.11 Å². The summed E-state index contributed by atoms with van der Waals surface area (Å²) in [6.45, 7) is 9.80. The van der Waals surface area contributed by atoms with Crippen molar-refractivity contribution in [1.29, 1.82) is 0 Å². The van der Waals surface area contributed by atoms with Gasteiger partial charge in [0.1, 0.15) is 6.10 Å². The third-order valence-electron chi connectivity index (χ3n) is 3.11. The van der Waals surface area contributed by atoms with E-state index in [0.29, 0.717) is 19.8 Å². The average Bonchev–Trinajstić information content (AvgIpc) is 2.72. The second kappa shape index (κ2) is 7.54. The van der Waals surface area contributed by atoms with E-state index in [1.165, 1.54) is 0 Å². The van der Waals surface area contributed by atoms with Gasteiger partial charge in [0.25, 0.3) is 0 Å². The van der Waals surface area contributed by atoms with Crippen LogP contribution in [0.1, 0.15) is 39.5 Å². The molecule has 20 heavy (non-hydrogen) atoms. The predicted octanol–water partition coefficient (Wildman–Crippen LogP) is 2.78. The monoisotopic (exact) mass is 348 g/mol. The maximum Gasteiger partial charge on any atom is 0.123 e. The van der Waals surface area contributed by atoms with Crippen molar-refractivity contribution in [2.75, 3.05) is 20.3 Å². The summed E-state index contributed by atoms with van der Waals surface area (Å²) in [7, 11) is 1.65. The van der Waals surface area contributed by atoms with Crippen LogP contribution in [-0.4, -0.2) is 41.3 Å². The summed E-state index contributed by atoms with van der Waals surface area (Å²) < 4.78 is 13.4. The Morgan fingerprint density at radius 3 is 2.60 bits per heavy atom. The molecule has 1 heterocycles. The van der Waals surface area contributed by atoms with Crippen molar-refractivity contribution in [3.8, 4) is 0 Å². The molecule has 0 saturated carbocycles. The molecule has 116 valence electrons. The Morgan fingerprint density at radius 1 is 1.45 bits per heavy atom. The van der Waals surface area contributed by atoms with Gasteiger partial charge in [-0.25, -0.2) is 0 Å². The lowest BCUT2D eigenvalue weighted by molar-refractivity contribution is -0.0930. The first kappa shape index (κ1) is 17.6. The molecule has 5 nitrogen and oxygen atoms in total. The molecule has 0 amide bonds. The minimum Gasteiger partial charge on any atom is -0.384 e. The van der Waals surface area contributed by atoms with Gasteiger partial charge in [-0.15, -0.1) is 0 Å². The number of aromatic nitrogens is 2. The zero-order chi connectivity index (χ0) is 15.3. The molecular formula is C14H25BrN2O3. The molecule has 0 spiro atoms. The van der Waals surface area contributed by atoms with E-state index >= 15 is 0 Å². The minimum atomic E-state index is -0.747. The fraction of sp³-hybridized carbons (Fsp3) is 0.786. The molecule has 0 aliphatic heterocycles. The normalized spacial score (nSPS) is 15.3. The van der Waals surface area contributed by atoms with Crippen molar-refractivity contribution < 1.29 is 14.6 Å². The minimum absolute atomic E-state index is 0.175. The van der Waals surface area contributed by atoms with Crippen LogP contribution in [0.25, 0.3) is 0 Å². The number of halogens is 1. The molecule has 1 aromatic rings. The molecular weight excluding hydrogens is 324 g/mol. The second-order valence-electron chi connectivity index (χ2n) is 5.78. The first-order chi connectivity index (χ1) is 9.32. The van der Waals surface area contributed by atoms with Crippen LogP contribution in [0.2, 0.25) is 0 Å². The maximum atomic E-state index is 10.7. The maximum absolute atomic E-state index is 10.7. The Balaban J connectivity index is 3.04. The average molecular weight is 349 g/mol. The highest BCUT2D eigenvalue weighted by molar-refractivity contribution is 9.10. The van der Waals surface area contributed by atoms with Gasteiger partial charge < -0.3 is 14.6 Å². The fourth-order valence-electron chi connectivity index (χ4n) is 2.16. The number of aliphatic hydroxyl groups is 1. The van der Waals surface area contributed by atoms with E-state index in [-0.39, 0.29) is 11.5 Å². The van der Waals surface area contributed by atoms with Crippen LogP contribution < -0.4 is 0 Å². The van der Waals surface area contributed by atoms with Gasteiger partial charge in [-0.05, 0) is 28.3 Å². The predicted molar refractivity (Wildman–Crippen MR) is 81.6 cm³/mol. The van der Waals surface area contributed by atoms with Gasteiger partial charge in [-0.3, -0.25) is 4.68 Å². The lowest BCUT2D eigenvalue weighted by Crippen LogP contribution is -2.36. The summed E-state index contributed by atoms with van der Waals surface area (Å²) >= 11 is 3.46. The van der Waals surface area contributed by atoms with Crippen molar-refractivity contribution in [2.45, 2.75) is 46.4 Å². The molecule has 0 saturated heterocycles. The third-order valence-corrected chi connectivity index (χ3v) is 3.72. The van der Waals surface area contributed by atoms with Crippen LogP contribution in [0.3, 0.4) is 0 Å². The molecule has 2 atom stereocenters. The first-order valence-corrected chi connectivity index (χ1v) is 7.62. The second-order valence-corrected chi connectivity index (χ2v) is 6.63. The molecule has 0 aliphatic rings. The van der Waals surface area contributed by atoms with Crippen molar-refractivity contribution in [3.05, 3.63) is 16.4 Å². The summed E-state index contributed by atoms with van der Waals surface area (Å²) in [6.07, 6.45) is 0.644. The van der Waals surface area contributed by atoms with Crippen LogP contribution >= 0.6 is 15.9 Å². The lowest BCUT2D eigenvalue weighted by Gasteiger charge is -2.34. The van der Waals surface area contributed by atoms with Gasteiger partial charge in [0.05, 0.1) is 35.6 Å². The van der Waals surface area contributed by atoms with E-state index in [1.807, 2.05) is 6.92 Å². The molecule has 0 radical (unpaired) electrons. The highest BCUT2D eigenvalue weighted by atomic mass is 79.9. The van der Waals surface area contributed by atoms with Crippen LogP contribution in [-0.2, 0) is 16.0 Å². The van der Waals surface area contributed by atoms with E-state index in [0.717, 1.165) is 10.2 Å². The smallest absolute Gasteiger partial charge is 0.123 e. The Labute approximate surface area is 129 Å². The summed E-state index contributed by atoms with van der Waals surface area (Å²) in [5, 5.41) is 15.0. The molecule has 0 aromatic carbocycles. The van der Waals surface area contributed by atoms with E-state index in [1.54, 1.807) is 18.0 Å². The zero-order valence-electron chi connectivity index (χ0n) is 12.9. The molecule has 1 N–H and O–H groups in total. The summed E-state index contributed by atoms with van der Waals surface area (Å²) in [4.78, 5) is 0. The van der Waals surface area contributed by atoms with Crippen molar-refractivity contribution in [2.24, 2.45) is 5.41 Å². The topological polar surface area (TPSA) is 56.5 Å². The quantitative estimate of drug-likeness (QED) is 0.822. The molecule has 0 fully saturated rings. The van der Waals surface area contributed by atoms with Crippen LogP contribution in [0.15, 0.2) is 10.7 Å². The third kappa shape index (κ3) is 4.28. The van der Waals surface area contributed by atoms with Gasteiger partial charge >= 0.3 is 0 Å². The molecule has 1 rings (SSSR count). The standard InChI is InChI=1S/C14H25BrN2O3/c1-6-20-13(14(2,3)4)12(18)11-10(15)9-16-17(11)7-8-19-5/h9,12-13,18H,6-8H2,1-5H3. The number of nitrogens with zero attached hydrogens (tertiary/aromatic N) is 2. The Morgan fingerprint density at radius 2 is 2.10 bits per heavy atom. The van der Waals surface area contributed by atoms with Gasteiger partial charge in [-0.1, -0.05) is 20.8 Å². The van der Waals surface area contributed by atoms with Crippen LogP contribution in [0, 0.1) is 5.41 Å². The highest BCUT2D eigenvalue weighted by Crippen LogP contribution is 2.35. The van der Waals surface area contributed by atoms with E-state index < -0.39 is 6.10 Å². The Kier molecular flexibility index (Phi) is 6.64. The van der Waals surface area contributed by atoms with Crippen LogP contribution in [0.4, 0.5) is 0 Å². The number of rotatable bonds is 7. The number of hydrogen-bond donors (Lipinski definition) is 1. The first-order valence-electron chi connectivity index (χ1n) is 6.82.